The van der Waals surface area contributed by atoms with Crippen LogP contribution >= 0.6 is 11.8 Å². The molecule has 6 nitrogen and oxygen atoms in total. The van der Waals surface area contributed by atoms with E-state index in [-0.39, 0.29) is 10.9 Å². The van der Waals surface area contributed by atoms with Gasteiger partial charge in [-0.05, 0) is 25.1 Å². The summed E-state index contributed by atoms with van der Waals surface area (Å²) in [5, 5.41) is 7.37. The minimum absolute atomic E-state index is 0.0552. The van der Waals surface area contributed by atoms with Crippen molar-refractivity contribution in [1.82, 2.24) is 19.8 Å². The fourth-order valence-electron chi connectivity index (χ4n) is 2.02. The van der Waals surface area contributed by atoms with Gasteiger partial charge < -0.3 is 5.32 Å². The molecule has 0 aromatic carbocycles. The van der Waals surface area contributed by atoms with Crippen molar-refractivity contribution >= 4 is 21.8 Å². The minimum Gasteiger partial charge on any atom is -0.315 e. The molecule has 1 aromatic heterocycles. The first-order chi connectivity index (χ1) is 9.62. The van der Waals surface area contributed by atoms with Gasteiger partial charge in [0.2, 0.25) is 10.0 Å². The molecule has 1 fully saturated rings. The van der Waals surface area contributed by atoms with Gasteiger partial charge in [-0.2, -0.15) is 16.9 Å². The molecule has 114 valence electrons. The zero-order valence-corrected chi connectivity index (χ0v) is 13.3. The number of aromatic nitrogens is 2. The average Bonchev–Trinajstić information content (AvgIpc) is 3.05. The molecular weight excluding hydrogens is 296 g/mol. The molecule has 2 heterocycles. The molecule has 1 unspecified atom stereocenters. The van der Waals surface area contributed by atoms with Gasteiger partial charge in [-0.25, -0.2) is 13.1 Å². The van der Waals surface area contributed by atoms with Gasteiger partial charge >= 0.3 is 0 Å². The molecule has 1 aliphatic rings. The van der Waals surface area contributed by atoms with Crippen LogP contribution in [0.25, 0.3) is 0 Å². The average molecular weight is 318 g/mol. The highest BCUT2D eigenvalue weighted by Gasteiger charge is 2.24. The van der Waals surface area contributed by atoms with Gasteiger partial charge in [-0.1, -0.05) is 6.92 Å². The van der Waals surface area contributed by atoms with E-state index in [4.69, 9.17) is 0 Å². The van der Waals surface area contributed by atoms with Crippen LogP contribution in [0.1, 0.15) is 19.8 Å². The van der Waals surface area contributed by atoms with Gasteiger partial charge in [-0.3, -0.25) is 4.68 Å². The molecule has 0 amide bonds. The summed E-state index contributed by atoms with van der Waals surface area (Å²) in [4.78, 5) is 0.255. The third-order valence-electron chi connectivity index (χ3n) is 3.12. The SMILES string of the molecule is CCCNCCn1cc(S(=O)(=O)NC2CCSC2)cn1. The topological polar surface area (TPSA) is 76.0 Å². The van der Waals surface area contributed by atoms with Crippen LogP contribution < -0.4 is 10.0 Å². The second-order valence-electron chi connectivity index (χ2n) is 4.87. The van der Waals surface area contributed by atoms with Gasteiger partial charge in [0.05, 0.1) is 12.7 Å². The Balaban J connectivity index is 1.89. The van der Waals surface area contributed by atoms with Crippen molar-refractivity contribution in [2.24, 2.45) is 0 Å². The van der Waals surface area contributed by atoms with Crippen molar-refractivity contribution in [3.63, 3.8) is 0 Å². The van der Waals surface area contributed by atoms with Crippen LogP contribution in [0.2, 0.25) is 0 Å². The summed E-state index contributed by atoms with van der Waals surface area (Å²) in [6.45, 7) is 4.54. The molecule has 20 heavy (non-hydrogen) atoms. The molecular formula is C12H22N4O2S2. The molecule has 0 radical (unpaired) electrons. The first-order valence-electron chi connectivity index (χ1n) is 6.95. The molecule has 1 aliphatic heterocycles. The van der Waals surface area contributed by atoms with E-state index in [2.05, 4.69) is 22.1 Å². The monoisotopic (exact) mass is 318 g/mol. The maximum absolute atomic E-state index is 12.2. The van der Waals surface area contributed by atoms with E-state index in [0.717, 1.165) is 37.4 Å². The molecule has 1 saturated heterocycles. The Labute approximate surface area is 124 Å². The lowest BCUT2D eigenvalue weighted by molar-refractivity contribution is 0.550. The smallest absolute Gasteiger partial charge is 0.243 e. The van der Waals surface area contributed by atoms with Crippen LogP contribution in [0.15, 0.2) is 17.3 Å². The second-order valence-corrected chi connectivity index (χ2v) is 7.73. The standard InChI is InChI=1S/C12H22N4O2S2/c1-2-4-13-5-6-16-9-12(8-14-16)20(17,18)15-11-3-7-19-10-11/h8-9,11,13,15H,2-7,10H2,1H3. The van der Waals surface area contributed by atoms with Crippen molar-refractivity contribution in [2.75, 3.05) is 24.6 Å². The summed E-state index contributed by atoms with van der Waals surface area (Å²) in [6, 6.07) is 0.0552. The molecule has 2 rings (SSSR count). The van der Waals surface area contributed by atoms with Gasteiger partial charge in [0.15, 0.2) is 0 Å². The number of nitrogens with one attached hydrogen (secondary N) is 2. The summed E-state index contributed by atoms with van der Waals surface area (Å²) in [6.07, 6.45) is 5.00. The number of sulfonamides is 1. The fraction of sp³-hybridized carbons (Fsp3) is 0.750. The van der Waals surface area contributed by atoms with E-state index in [0.29, 0.717) is 6.54 Å². The van der Waals surface area contributed by atoms with E-state index in [1.165, 1.54) is 6.20 Å². The van der Waals surface area contributed by atoms with Crippen LogP contribution in [0.5, 0.6) is 0 Å². The number of thioether (sulfide) groups is 1. The summed E-state index contributed by atoms with van der Waals surface area (Å²) in [7, 11) is -3.43. The number of nitrogens with zero attached hydrogens (tertiary/aromatic N) is 2. The predicted octanol–water partition coefficient (Wildman–Crippen LogP) is 0.667. The van der Waals surface area contributed by atoms with Crippen LogP contribution in [0, 0.1) is 0 Å². The van der Waals surface area contributed by atoms with E-state index in [1.54, 1.807) is 22.6 Å². The Kier molecular flexibility index (Phi) is 5.88. The largest absolute Gasteiger partial charge is 0.315 e. The lowest BCUT2D eigenvalue weighted by atomic mass is 10.3. The van der Waals surface area contributed by atoms with E-state index < -0.39 is 10.0 Å². The lowest BCUT2D eigenvalue weighted by Crippen LogP contribution is -2.34. The van der Waals surface area contributed by atoms with Crippen LogP contribution in [0.3, 0.4) is 0 Å². The number of rotatable bonds is 8. The molecule has 0 saturated carbocycles. The van der Waals surface area contributed by atoms with Crippen molar-refractivity contribution < 1.29 is 8.42 Å². The van der Waals surface area contributed by atoms with Crippen molar-refractivity contribution in [1.29, 1.82) is 0 Å². The Bertz CT molecular complexity index is 509. The Hall–Kier alpha value is -0.570. The third kappa shape index (κ3) is 4.47. The minimum atomic E-state index is -3.43. The number of hydrogen-bond acceptors (Lipinski definition) is 5. The fourth-order valence-corrected chi connectivity index (χ4v) is 4.50. The summed E-state index contributed by atoms with van der Waals surface area (Å²) in [5.74, 6) is 1.88. The maximum Gasteiger partial charge on any atom is 0.243 e. The first kappa shape index (κ1) is 15.8. The first-order valence-corrected chi connectivity index (χ1v) is 9.59. The zero-order valence-electron chi connectivity index (χ0n) is 11.7. The lowest BCUT2D eigenvalue weighted by Gasteiger charge is -2.10. The summed E-state index contributed by atoms with van der Waals surface area (Å²) >= 11 is 1.78. The van der Waals surface area contributed by atoms with Crippen molar-refractivity contribution in [3.05, 3.63) is 12.4 Å². The van der Waals surface area contributed by atoms with Gasteiger partial charge in [0.25, 0.3) is 0 Å². The van der Waals surface area contributed by atoms with Crippen LogP contribution in [-0.4, -0.2) is 48.8 Å². The Morgan fingerprint density at radius 2 is 2.35 bits per heavy atom. The predicted molar refractivity (Wildman–Crippen MR) is 81.4 cm³/mol. The highest BCUT2D eigenvalue weighted by Crippen LogP contribution is 2.19. The van der Waals surface area contributed by atoms with E-state index in [1.807, 2.05) is 0 Å². The van der Waals surface area contributed by atoms with Crippen molar-refractivity contribution in [2.45, 2.75) is 37.2 Å². The van der Waals surface area contributed by atoms with Crippen LogP contribution in [-0.2, 0) is 16.6 Å². The summed E-state index contributed by atoms with van der Waals surface area (Å²) in [5.41, 5.74) is 0. The highest BCUT2D eigenvalue weighted by molar-refractivity contribution is 7.99. The molecule has 8 heteroatoms. The normalized spacial score (nSPS) is 19.6. The number of hydrogen-bond donors (Lipinski definition) is 2. The molecule has 0 spiro atoms. The second kappa shape index (κ2) is 7.44. The molecule has 2 N–H and O–H groups in total. The van der Waals surface area contributed by atoms with Crippen molar-refractivity contribution in [3.8, 4) is 0 Å². The van der Waals surface area contributed by atoms with Gasteiger partial charge in [-0.15, -0.1) is 0 Å². The third-order valence-corrected chi connectivity index (χ3v) is 5.75. The van der Waals surface area contributed by atoms with E-state index >= 15 is 0 Å². The molecule has 1 aromatic rings. The molecule has 0 aliphatic carbocycles. The maximum atomic E-state index is 12.2. The molecule has 0 bridgehead atoms. The van der Waals surface area contributed by atoms with Crippen LogP contribution in [0.4, 0.5) is 0 Å². The molecule has 1 atom stereocenters. The Morgan fingerprint density at radius 3 is 3.05 bits per heavy atom. The van der Waals surface area contributed by atoms with Gasteiger partial charge in [0.1, 0.15) is 4.90 Å². The highest BCUT2D eigenvalue weighted by atomic mass is 32.2. The quantitative estimate of drug-likeness (QED) is 0.689. The zero-order chi connectivity index (χ0) is 14.4. The Morgan fingerprint density at radius 1 is 1.50 bits per heavy atom. The van der Waals surface area contributed by atoms with E-state index in [9.17, 15) is 8.42 Å². The summed E-state index contributed by atoms with van der Waals surface area (Å²) < 4.78 is 28.8. The van der Waals surface area contributed by atoms with Gasteiger partial charge in [0, 0.05) is 24.5 Å².